The van der Waals surface area contributed by atoms with Crippen LogP contribution in [0.5, 0.6) is 5.75 Å². The lowest BCUT2D eigenvalue weighted by molar-refractivity contribution is -0.119. The molecule has 1 amide bonds. The third-order valence-corrected chi connectivity index (χ3v) is 3.78. The van der Waals surface area contributed by atoms with E-state index in [0.717, 1.165) is 11.0 Å². The van der Waals surface area contributed by atoms with Crippen molar-refractivity contribution < 1.29 is 9.53 Å². The Morgan fingerprint density at radius 1 is 1.15 bits per heavy atom. The summed E-state index contributed by atoms with van der Waals surface area (Å²) in [6.45, 7) is 0.127. The van der Waals surface area contributed by atoms with Crippen molar-refractivity contribution in [3.8, 4) is 5.75 Å². The summed E-state index contributed by atoms with van der Waals surface area (Å²) in [4.78, 5) is 25.5. The Kier molecular flexibility index (Phi) is 2.62. The molecule has 1 atom stereocenters. The molecule has 0 fully saturated rings. The summed E-state index contributed by atoms with van der Waals surface area (Å²) in [5.41, 5.74) is 7.76. The highest BCUT2D eigenvalue weighted by Gasteiger charge is 2.27. The number of ether oxygens (including phenoxy) is 1. The Labute approximate surface area is 115 Å². The smallest absolute Gasteiger partial charge is 0.328 e. The average Bonchev–Trinajstić information content (AvgIpc) is 2.59. The van der Waals surface area contributed by atoms with Gasteiger partial charge in [0.2, 0.25) is 5.91 Å². The number of amides is 1. The fourth-order valence-electron chi connectivity index (χ4n) is 2.51. The molecule has 20 heavy (non-hydrogen) atoms. The molecule has 2 N–H and O–H groups in total. The van der Waals surface area contributed by atoms with Crippen LogP contribution in [0.15, 0.2) is 16.9 Å². The first-order valence-corrected chi connectivity index (χ1v) is 6.27. The molecule has 2 heterocycles. The second kappa shape index (κ2) is 4.11. The van der Waals surface area contributed by atoms with Gasteiger partial charge in [-0.25, -0.2) is 4.79 Å². The highest BCUT2D eigenvalue weighted by molar-refractivity contribution is 6.00. The second-order valence-electron chi connectivity index (χ2n) is 5.02. The maximum absolute atomic E-state index is 12.0. The van der Waals surface area contributed by atoms with Crippen molar-refractivity contribution in [2.45, 2.75) is 6.04 Å². The molecule has 2 aromatic rings. The number of rotatable bonds is 0. The lowest BCUT2D eigenvalue weighted by atomic mass is 10.2. The van der Waals surface area contributed by atoms with Gasteiger partial charge in [0, 0.05) is 27.2 Å². The van der Waals surface area contributed by atoms with Crippen molar-refractivity contribution in [2.75, 3.05) is 18.6 Å². The molecule has 1 aromatic carbocycles. The van der Waals surface area contributed by atoms with Crippen molar-refractivity contribution in [1.29, 1.82) is 0 Å². The van der Waals surface area contributed by atoms with Crippen LogP contribution in [0.3, 0.4) is 0 Å². The number of aromatic nitrogens is 2. The lowest BCUT2D eigenvalue weighted by Gasteiger charge is -2.17. The third kappa shape index (κ3) is 1.56. The summed E-state index contributed by atoms with van der Waals surface area (Å²) >= 11 is 0. The summed E-state index contributed by atoms with van der Waals surface area (Å²) in [7, 11) is 5.05. The Hall–Kier alpha value is -2.28. The first-order valence-electron chi connectivity index (χ1n) is 6.27. The number of nitrogens with two attached hydrogens (primary N) is 1. The number of fused-ring (bicyclic) bond motifs is 2. The highest BCUT2D eigenvalue weighted by Crippen LogP contribution is 2.34. The van der Waals surface area contributed by atoms with E-state index in [0.29, 0.717) is 11.4 Å². The van der Waals surface area contributed by atoms with Gasteiger partial charge in [-0.05, 0) is 6.07 Å². The van der Waals surface area contributed by atoms with E-state index >= 15 is 0 Å². The summed E-state index contributed by atoms with van der Waals surface area (Å²) in [6.07, 6.45) is 0. The molecule has 7 heteroatoms. The molecule has 1 aliphatic heterocycles. The molecule has 0 unspecified atom stereocenters. The fraction of sp³-hybridized carbons (Fsp3) is 0.385. The molecule has 106 valence electrons. The van der Waals surface area contributed by atoms with E-state index in [1.165, 1.54) is 4.90 Å². The van der Waals surface area contributed by atoms with E-state index in [1.54, 1.807) is 42.4 Å². The molecule has 3 rings (SSSR count). The van der Waals surface area contributed by atoms with Gasteiger partial charge in [-0.2, -0.15) is 0 Å². The van der Waals surface area contributed by atoms with Crippen LogP contribution in [-0.2, 0) is 18.9 Å². The molecule has 0 saturated carbocycles. The van der Waals surface area contributed by atoms with E-state index in [1.807, 2.05) is 0 Å². The van der Waals surface area contributed by atoms with Gasteiger partial charge in [-0.1, -0.05) is 0 Å². The third-order valence-electron chi connectivity index (χ3n) is 3.78. The topological polar surface area (TPSA) is 82.5 Å². The fourth-order valence-corrected chi connectivity index (χ4v) is 2.51. The van der Waals surface area contributed by atoms with E-state index in [2.05, 4.69) is 0 Å². The van der Waals surface area contributed by atoms with Gasteiger partial charge in [-0.15, -0.1) is 0 Å². The van der Waals surface area contributed by atoms with Gasteiger partial charge < -0.3 is 15.4 Å². The predicted octanol–water partition coefficient (Wildman–Crippen LogP) is -0.440. The Bertz CT molecular complexity index is 774. The van der Waals surface area contributed by atoms with Gasteiger partial charge in [0.25, 0.3) is 0 Å². The summed E-state index contributed by atoms with van der Waals surface area (Å²) in [5, 5.41) is 0. The van der Waals surface area contributed by atoms with E-state index in [4.69, 9.17) is 10.5 Å². The SMILES string of the molecule is CN1C(=O)[C@@H](N)COc2cc3c(cc21)n(C)c(=O)n3C. The van der Waals surface area contributed by atoms with Crippen LogP contribution >= 0.6 is 0 Å². The number of aryl methyl sites for hydroxylation is 2. The Morgan fingerprint density at radius 2 is 1.75 bits per heavy atom. The summed E-state index contributed by atoms with van der Waals surface area (Å²) in [6, 6.07) is 2.87. The molecule has 1 aromatic heterocycles. The Morgan fingerprint density at radius 3 is 2.40 bits per heavy atom. The number of hydrogen-bond donors (Lipinski definition) is 1. The Balaban J connectivity index is 2.31. The van der Waals surface area contributed by atoms with Crippen molar-refractivity contribution in [1.82, 2.24) is 9.13 Å². The average molecular weight is 276 g/mol. The standard InChI is InChI=1S/C13H16N4O3/c1-15-10-4-8-9(17(3)13(19)16(8)2)5-11(10)20-6-7(14)12(15)18/h4-5,7H,6,14H2,1-3H3/t7-/m0/s1. The van der Waals surface area contributed by atoms with E-state index in [9.17, 15) is 9.59 Å². The minimum Gasteiger partial charge on any atom is -0.489 e. The molecule has 0 radical (unpaired) electrons. The molecule has 1 aliphatic rings. The largest absolute Gasteiger partial charge is 0.489 e. The van der Waals surface area contributed by atoms with Crippen molar-refractivity contribution >= 4 is 22.6 Å². The van der Waals surface area contributed by atoms with Crippen LogP contribution in [0.1, 0.15) is 0 Å². The molecular weight excluding hydrogens is 260 g/mol. The van der Waals surface area contributed by atoms with Crippen LogP contribution in [-0.4, -0.2) is 34.7 Å². The number of nitrogens with zero attached hydrogens (tertiary/aromatic N) is 3. The van der Waals surface area contributed by atoms with Gasteiger partial charge in [0.05, 0.1) is 16.7 Å². The van der Waals surface area contributed by atoms with Gasteiger partial charge in [0.15, 0.2) is 0 Å². The van der Waals surface area contributed by atoms with Crippen LogP contribution in [0.2, 0.25) is 0 Å². The molecule has 0 aliphatic carbocycles. The first-order chi connectivity index (χ1) is 9.41. The number of anilines is 1. The normalized spacial score (nSPS) is 18.9. The highest BCUT2D eigenvalue weighted by atomic mass is 16.5. The number of likely N-dealkylation sites (N-methyl/N-ethyl adjacent to an activating group) is 1. The first kappa shape index (κ1) is 12.7. The number of hydrogen-bond acceptors (Lipinski definition) is 4. The molecule has 0 bridgehead atoms. The number of carbonyl (C=O) groups is 1. The number of benzene rings is 1. The minimum atomic E-state index is -0.681. The van der Waals surface area contributed by atoms with Gasteiger partial charge in [-0.3, -0.25) is 13.9 Å². The van der Waals surface area contributed by atoms with Crippen molar-refractivity contribution in [3.05, 3.63) is 22.6 Å². The van der Waals surface area contributed by atoms with Crippen LogP contribution in [0, 0.1) is 0 Å². The minimum absolute atomic E-state index is 0.120. The maximum atomic E-state index is 12.0. The van der Waals surface area contributed by atoms with Crippen molar-refractivity contribution in [3.63, 3.8) is 0 Å². The monoisotopic (exact) mass is 276 g/mol. The van der Waals surface area contributed by atoms with Gasteiger partial charge in [0.1, 0.15) is 18.4 Å². The van der Waals surface area contributed by atoms with Crippen LogP contribution in [0.4, 0.5) is 5.69 Å². The zero-order chi connectivity index (χ0) is 14.6. The van der Waals surface area contributed by atoms with Gasteiger partial charge >= 0.3 is 5.69 Å². The van der Waals surface area contributed by atoms with Crippen LogP contribution < -0.4 is 21.1 Å². The van der Waals surface area contributed by atoms with Crippen molar-refractivity contribution in [2.24, 2.45) is 19.8 Å². The molecule has 0 saturated heterocycles. The van der Waals surface area contributed by atoms with E-state index < -0.39 is 6.04 Å². The number of imidazole rings is 1. The lowest BCUT2D eigenvalue weighted by Crippen LogP contribution is -2.43. The zero-order valence-electron chi connectivity index (χ0n) is 11.6. The van der Waals surface area contributed by atoms with Crippen LogP contribution in [0.25, 0.3) is 11.0 Å². The summed E-state index contributed by atoms with van der Waals surface area (Å²) in [5.74, 6) is 0.353. The molecule has 7 nitrogen and oxygen atoms in total. The quantitative estimate of drug-likeness (QED) is 0.707. The summed E-state index contributed by atoms with van der Waals surface area (Å²) < 4.78 is 8.69. The maximum Gasteiger partial charge on any atom is 0.328 e. The second-order valence-corrected chi connectivity index (χ2v) is 5.02. The predicted molar refractivity (Wildman–Crippen MR) is 75.0 cm³/mol. The molecular formula is C13H16N4O3. The van der Waals surface area contributed by atoms with E-state index in [-0.39, 0.29) is 18.2 Å². The zero-order valence-corrected chi connectivity index (χ0v) is 11.6. The number of carbonyl (C=O) groups excluding carboxylic acids is 1. The molecule has 0 spiro atoms.